The molecule has 0 spiro atoms. The maximum absolute atomic E-state index is 12.8. The average molecular weight is 314 g/mol. The molecule has 120 valence electrons. The van der Waals surface area contributed by atoms with E-state index in [1.54, 1.807) is 44.1 Å². The van der Waals surface area contributed by atoms with E-state index in [1.165, 1.54) is 11.1 Å². The van der Waals surface area contributed by atoms with Crippen LogP contribution in [0.5, 0.6) is 0 Å². The maximum Gasteiger partial charge on any atom is 0.271 e. The Morgan fingerprint density at radius 3 is 2.78 bits per heavy atom. The Morgan fingerprint density at radius 1 is 1.30 bits per heavy atom. The molecule has 3 rings (SSSR count). The van der Waals surface area contributed by atoms with Crippen LogP contribution in [-0.2, 0) is 4.79 Å². The molecule has 0 aromatic carbocycles. The van der Waals surface area contributed by atoms with E-state index >= 15 is 0 Å². The predicted octanol–water partition coefficient (Wildman–Crippen LogP) is 0.616. The zero-order chi connectivity index (χ0) is 16.8. The third-order valence-electron chi connectivity index (χ3n) is 4.33. The van der Waals surface area contributed by atoms with Gasteiger partial charge < -0.3 is 14.8 Å². The zero-order valence-electron chi connectivity index (χ0n) is 13.3. The number of likely N-dealkylation sites (N-methyl/N-ethyl adjacent to an activating group) is 1. The van der Waals surface area contributed by atoms with Crippen LogP contribution >= 0.6 is 0 Å². The molecule has 2 aromatic heterocycles. The molecule has 1 N–H and O–H groups in total. The normalized spacial score (nSPS) is 17.6. The molecule has 0 aliphatic carbocycles. The van der Waals surface area contributed by atoms with Gasteiger partial charge in [0.1, 0.15) is 11.2 Å². The van der Waals surface area contributed by atoms with Gasteiger partial charge in [-0.15, -0.1) is 0 Å². The third kappa shape index (κ3) is 2.38. The van der Waals surface area contributed by atoms with Crippen molar-refractivity contribution in [2.24, 2.45) is 0 Å². The Kier molecular flexibility index (Phi) is 3.43. The second kappa shape index (κ2) is 5.19. The molecule has 3 heterocycles. The van der Waals surface area contributed by atoms with E-state index < -0.39 is 5.54 Å². The largest absolute Gasteiger partial charge is 0.342 e. The lowest BCUT2D eigenvalue weighted by Gasteiger charge is -2.44. The first-order valence-electron chi connectivity index (χ1n) is 7.37. The Labute approximate surface area is 132 Å². The number of carbonyl (C=O) groups is 2. The standard InChI is InChI=1S/C16H18N4O3/c1-16(2)15(23)19(3)6-7-20(16)14(22)12-8-10-4-5-17-9-11(10)13(21)18-12/h4-5,8-9H,6-7H2,1-3H3,(H,18,21). The predicted molar refractivity (Wildman–Crippen MR) is 85.1 cm³/mol. The summed E-state index contributed by atoms with van der Waals surface area (Å²) in [6.45, 7) is 4.32. The average Bonchev–Trinajstić information content (AvgIpc) is 2.52. The molecule has 0 bridgehead atoms. The lowest BCUT2D eigenvalue weighted by molar-refractivity contribution is -0.144. The summed E-state index contributed by atoms with van der Waals surface area (Å²) in [5.74, 6) is -0.475. The van der Waals surface area contributed by atoms with Crippen molar-refractivity contribution < 1.29 is 9.59 Å². The Hall–Kier alpha value is -2.70. The number of carbonyl (C=O) groups excluding carboxylic acids is 2. The molecular formula is C16H18N4O3. The first-order valence-corrected chi connectivity index (χ1v) is 7.37. The summed E-state index contributed by atoms with van der Waals surface area (Å²) in [5, 5.41) is 1.07. The van der Waals surface area contributed by atoms with Gasteiger partial charge in [-0.05, 0) is 31.4 Å². The number of rotatable bonds is 1. The molecule has 7 heteroatoms. The van der Waals surface area contributed by atoms with Crippen LogP contribution < -0.4 is 5.56 Å². The second-order valence-electron chi connectivity index (χ2n) is 6.22. The van der Waals surface area contributed by atoms with E-state index in [4.69, 9.17) is 0 Å². The fourth-order valence-corrected chi connectivity index (χ4v) is 2.93. The van der Waals surface area contributed by atoms with Crippen LogP contribution in [0, 0.1) is 0 Å². The molecule has 1 aliphatic heterocycles. The topological polar surface area (TPSA) is 86.4 Å². The zero-order valence-corrected chi connectivity index (χ0v) is 13.3. The minimum atomic E-state index is -0.950. The summed E-state index contributed by atoms with van der Waals surface area (Å²) >= 11 is 0. The van der Waals surface area contributed by atoms with Crippen LogP contribution in [-0.4, -0.2) is 57.3 Å². The molecular weight excluding hydrogens is 296 g/mol. The minimum absolute atomic E-state index is 0.121. The van der Waals surface area contributed by atoms with Crippen molar-refractivity contribution in [3.63, 3.8) is 0 Å². The van der Waals surface area contributed by atoms with Gasteiger partial charge in [0.25, 0.3) is 11.5 Å². The number of hydrogen-bond acceptors (Lipinski definition) is 4. The summed E-state index contributed by atoms with van der Waals surface area (Å²) in [6.07, 6.45) is 3.03. The molecule has 0 atom stereocenters. The highest BCUT2D eigenvalue weighted by atomic mass is 16.2. The van der Waals surface area contributed by atoms with Crippen molar-refractivity contribution in [3.05, 3.63) is 40.6 Å². The number of nitrogens with zero attached hydrogens (tertiary/aromatic N) is 3. The second-order valence-corrected chi connectivity index (χ2v) is 6.22. The van der Waals surface area contributed by atoms with Crippen molar-refractivity contribution in [2.45, 2.75) is 19.4 Å². The van der Waals surface area contributed by atoms with Crippen LogP contribution in [0.2, 0.25) is 0 Å². The van der Waals surface area contributed by atoms with E-state index in [9.17, 15) is 14.4 Å². The summed E-state index contributed by atoms with van der Waals surface area (Å²) < 4.78 is 0. The van der Waals surface area contributed by atoms with Gasteiger partial charge in [-0.2, -0.15) is 0 Å². The van der Waals surface area contributed by atoms with Gasteiger partial charge in [0.15, 0.2) is 0 Å². The molecule has 23 heavy (non-hydrogen) atoms. The number of aromatic amines is 1. The van der Waals surface area contributed by atoms with Crippen molar-refractivity contribution in [2.75, 3.05) is 20.1 Å². The summed E-state index contributed by atoms with van der Waals surface area (Å²) in [7, 11) is 1.72. The third-order valence-corrected chi connectivity index (χ3v) is 4.33. The van der Waals surface area contributed by atoms with E-state index in [0.29, 0.717) is 23.9 Å². The highest BCUT2D eigenvalue weighted by Gasteiger charge is 2.43. The number of amides is 2. The van der Waals surface area contributed by atoms with Crippen LogP contribution in [0.15, 0.2) is 29.3 Å². The molecule has 7 nitrogen and oxygen atoms in total. The first kappa shape index (κ1) is 15.2. The van der Waals surface area contributed by atoms with Crippen molar-refractivity contribution in [1.82, 2.24) is 19.8 Å². The highest BCUT2D eigenvalue weighted by Crippen LogP contribution is 2.23. The van der Waals surface area contributed by atoms with Gasteiger partial charge in [-0.25, -0.2) is 0 Å². The minimum Gasteiger partial charge on any atom is -0.342 e. The van der Waals surface area contributed by atoms with Crippen LogP contribution in [0.3, 0.4) is 0 Å². The fraction of sp³-hybridized carbons (Fsp3) is 0.375. The summed E-state index contributed by atoms with van der Waals surface area (Å²) in [6, 6.07) is 3.31. The number of nitrogens with one attached hydrogen (secondary N) is 1. The number of pyridine rings is 2. The Bertz CT molecular complexity index is 856. The highest BCUT2D eigenvalue weighted by molar-refractivity contribution is 6.00. The SMILES string of the molecule is CN1CCN(C(=O)c2cc3ccncc3c(=O)[nH]2)C(C)(C)C1=O. The van der Waals surface area contributed by atoms with Gasteiger partial charge in [0.2, 0.25) is 5.91 Å². The molecule has 0 unspecified atom stereocenters. The van der Waals surface area contributed by atoms with E-state index in [-0.39, 0.29) is 23.1 Å². The summed E-state index contributed by atoms with van der Waals surface area (Å²) in [5.41, 5.74) is -1.13. The molecule has 2 aromatic rings. The summed E-state index contributed by atoms with van der Waals surface area (Å²) in [4.78, 5) is 46.9. The van der Waals surface area contributed by atoms with E-state index in [2.05, 4.69) is 9.97 Å². The lowest BCUT2D eigenvalue weighted by Crippen LogP contribution is -2.63. The van der Waals surface area contributed by atoms with Gasteiger partial charge in [-0.3, -0.25) is 19.4 Å². The molecule has 1 fully saturated rings. The fourth-order valence-electron chi connectivity index (χ4n) is 2.93. The van der Waals surface area contributed by atoms with E-state index in [0.717, 1.165) is 0 Å². The van der Waals surface area contributed by atoms with Crippen molar-refractivity contribution in [3.8, 4) is 0 Å². The van der Waals surface area contributed by atoms with Crippen molar-refractivity contribution >= 4 is 22.6 Å². The number of piperazine rings is 1. The van der Waals surface area contributed by atoms with Gasteiger partial charge in [-0.1, -0.05) is 0 Å². The Morgan fingerprint density at radius 2 is 2.04 bits per heavy atom. The van der Waals surface area contributed by atoms with Gasteiger partial charge in [0.05, 0.1) is 5.39 Å². The number of hydrogen-bond donors (Lipinski definition) is 1. The lowest BCUT2D eigenvalue weighted by atomic mass is 9.97. The van der Waals surface area contributed by atoms with Crippen LogP contribution in [0.1, 0.15) is 24.3 Å². The molecule has 2 amide bonds. The first-order chi connectivity index (χ1) is 10.8. The smallest absolute Gasteiger partial charge is 0.271 e. The molecule has 1 saturated heterocycles. The molecule has 1 aliphatic rings. The number of aromatic nitrogens is 2. The number of H-pyrrole nitrogens is 1. The molecule has 0 saturated carbocycles. The monoisotopic (exact) mass is 314 g/mol. The maximum atomic E-state index is 12.8. The number of fused-ring (bicyclic) bond motifs is 1. The Balaban J connectivity index is 2.04. The molecule has 0 radical (unpaired) electrons. The van der Waals surface area contributed by atoms with Gasteiger partial charge in [0, 0.05) is 32.5 Å². The van der Waals surface area contributed by atoms with Gasteiger partial charge >= 0.3 is 0 Å². The van der Waals surface area contributed by atoms with Crippen LogP contribution in [0.4, 0.5) is 0 Å². The van der Waals surface area contributed by atoms with E-state index in [1.807, 2.05) is 0 Å². The van der Waals surface area contributed by atoms with Crippen molar-refractivity contribution in [1.29, 1.82) is 0 Å². The quantitative estimate of drug-likeness (QED) is 0.836. The van der Waals surface area contributed by atoms with Crippen LogP contribution in [0.25, 0.3) is 10.8 Å².